The van der Waals surface area contributed by atoms with Gasteiger partial charge in [0.1, 0.15) is 0 Å². The average Bonchev–Trinajstić information content (AvgIpc) is 3.01. The van der Waals surface area contributed by atoms with Crippen LogP contribution in [0.3, 0.4) is 0 Å². The Kier molecular flexibility index (Phi) is 8.40. The number of hydrogen-bond donors (Lipinski definition) is 1. The highest BCUT2D eigenvalue weighted by Gasteiger charge is 2.19. The van der Waals surface area contributed by atoms with E-state index in [2.05, 4.69) is 45.6 Å². The van der Waals surface area contributed by atoms with Crippen LogP contribution in [0.4, 0.5) is 5.13 Å². The molecule has 0 amide bonds. The Hall–Kier alpha value is -0.610. The number of nitrogens with zero attached hydrogens (tertiary/aromatic N) is 5. The maximum Gasteiger partial charge on any atom is 0.191 e. The van der Waals surface area contributed by atoms with Crippen LogP contribution in [0.5, 0.6) is 0 Å². The van der Waals surface area contributed by atoms with Crippen molar-refractivity contribution in [3.05, 3.63) is 11.6 Å². The van der Waals surface area contributed by atoms with E-state index < -0.39 is 0 Å². The largest absolute Gasteiger partial charge is 0.370 e. The molecule has 0 radical (unpaired) electrons. The third kappa shape index (κ3) is 5.54. The minimum absolute atomic E-state index is 0. The zero-order valence-corrected chi connectivity index (χ0v) is 16.8. The Morgan fingerprint density at radius 2 is 2.09 bits per heavy atom. The normalized spacial score (nSPS) is 16.3. The zero-order chi connectivity index (χ0) is 15.2. The maximum atomic E-state index is 6.10. The molecular weight excluding hydrogens is 411 g/mol. The Morgan fingerprint density at radius 3 is 2.64 bits per heavy atom. The van der Waals surface area contributed by atoms with Gasteiger partial charge in [-0.3, -0.25) is 4.99 Å². The van der Waals surface area contributed by atoms with Crippen molar-refractivity contribution in [1.29, 1.82) is 0 Å². The highest BCUT2D eigenvalue weighted by atomic mass is 127. The van der Waals surface area contributed by atoms with Gasteiger partial charge in [-0.15, -0.1) is 35.3 Å². The summed E-state index contributed by atoms with van der Waals surface area (Å²) in [5.41, 5.74) is 6.10. The summed E-state index contributed by atoms with van der Waals surface area (Å²) in [5.74, 6) is 0.672. The van der Waals surface area contributed by atoms with Crippen LogP contribution in [0.1, 0.15) is 13.8 Å². The molecule has 8 heteroatoms. The van der Waals surface area contributed by atoms with Crippen molar-refractivity contribution in [3.8, 4) is 0 Å². The minimum atomic E-state index is 0. The highest BCUT2D eigenvalue weighted by molar-refractivity contribution is 14.0. The summed E-state index contributed by atoms with van der Waals surface area (Å²) < 4.78 is 0. The quantitative estimate of drug-likeness (QED) is 0.430. The van der Waals surface area contributed by atoms with Gasteiger partial charge in [0.25, 0.3) is 0 Å². The third-order valence-corrected chi connectivity index (χ3v) is 4.73. The molecule has 2 rings (SSSR count). The van der Waals surface area contributed by atoms with E-state index in [9.17, 15) is 0 Å². The summed E-state index contributed by atoms with van der Waals surface area (Å²) in [6.45, 7) is 9.80. The van der Waals surface area contributed by atoms with Gasteiger partial charge in [-0.2, -0.15) is 0 Å². The van der Waals surface area contributed by atoms with E-state index in [0.717, 1.165) is 44.4 Å². The van der Waals surface area contributed by atoms with Gasteiger partial charge in [-0.05, 0) is 20.9 Å². The summed E-state index contributed by atoms with van der Waals surface area (Å²) in [5, 5.41) is 3.12. The maximum absolute atomic E-state index is 6.10. The van der Waals surface area contributed by atoms with Crippen LogP contribution >= 0.6 is 35.3 Å². The third-order valence-electron chi connectivity index (χ3n) is 3.90. The fourth-order valence-electron chi connectivity index (χ4n) is 2.18. The van der Waals surface area contributed by atoms with Crippen molar-refractivity contribution >= 4 is 46.4 Å². The number of thiazole rings is 1. The van der Waals surface area contributed by atoms with E-state index in [1.54, 1.807) is 11.3 Å². The van der Waals surface area contributed by atoms with Gasteiger partial charge in [0.2, 0.25) is 0 Å². The number of nitrogens with two attached hydrogens (primary N) is 1. The van der Waals surface area contributed by atoms with Crippen molar-refractivity contribution in [1.82, 2.24) is 14.8 Å². The molecule has 1 saturated heterocycles. The SMILES string of the molecule is CC(C)N(C)CCN=C(N)N1CCN(c2nccs2)CC1.I. The van der Waals surface area contributed by atoms with Gasteiger partial charge >= 0.3 is 0 Å². The monoisotopic (exact) mass is 438 g/mol. The first-order valence-corrected chi connectivity index (χ1v) is 8.35. The van der Waals surface area contributed by atoms with Crippen molar-refractivity contribution < 1.29 is 0 Å². The highest BCUT2D eigenvalue weighted by Crippen LogP contribution is 2.18. The molecule has 1 aliphatic heterocycles. The molecule has 0 aliphatic carbocycles. The molecule has 0 aromatic carbocycles. The lowest BCUT2D eigenvalue weighted by molar-refractivity contribution is 0.281. The first kappa shape index (κ1) is 19.4. The van der Waals surface area contributed by atoms with Gasteiger partial charge < -0.3 is 20.4 Å². The summed E-state index contributed by atoms with van der Waals surface area (Å²) in [6, 6.07) is 0.545. The van der Waals surface area contributed by atoms with Crippen molar-refractivity contribution in [2.75, 3.05) is 51.2 Å². The van der Waals surface area contributed by atoms with Gasteiger partial charge in [0, 0.05) is 50.3 Å². The summed E-state index contributed by atoms with van der Waals surface area (Å²) in [6.07, 6.45) is 1.85. The number of aliphatic imine (C=N–C) groups is 1. The van der Waals surface area contributed by atoms with Gasteiger partial charge in [0.15, 0.2) is 11.1 Å². The van der Waals surface area contributed by atoms with Crippen LogP contribution in [0.25, 0.3) is 0 Å². The molecule has 0 unspecified atom stereocenters. The van der Waals surface area contributed by atoms with Crippen LogP contribution in [0, 0.1) is 0 Å². The van der Waals surface area contributed by atoms with Gasteiger partial charge in [-0.25, -0.2) is 4.98 Å². The number of likely N-dealkylation sites (N-methyl/N-ethyl adjacent to an activating group) is 1. The molecule has 0 atom stereocenters. The van der Waals surface area contributed by atoms with Crippen LogP contribution < -0.4 is 10.6 Å². The molecule has 1 aromatic heterocycles. The lowest BCUT2D eigenvalue weighted by Crippen LogP contribution is -2.51. The standard InChI is InChI=1S/C14H26N6S.HI/c1-12(2)18(3)6-4-16-13(15)19-7-9-20(10-8-19)14-17-5-11-21-14;/h5,11-12H,4,6-10H2,1-3H3,(H2,15,16);1H. The number of hydrogen-bond acceptors (Lipinski definition) is 5. The van der Waals surface area contributed by atoms with Crippen LogP contribution in [-0.2, 0) is 0 Å². The molecule has 6 nitrogen and oxygen atoms in total. The first-order valence-electron chi connectivity index (χ1n) is 7.47. The Labute approximate surface area is 154 Å². The van der Waals surface area contributed by atoms with E-state index in [-0.39, 0.29) is 24.0 Å². The molecular formula is C14H27IN6S. The van der Waals surface area contributed by atoms with E-state index in [1.165, 1.54) is 0 Å². The number of guanidine groups is 1. The second-order valence-electron chi connectivity index (χ2n) is 5.60. The van der Waals surface area contributed by atoms with E-state index >= 15 is 0 Å². The molecule has 0 bridgehead atoms. The number of rotatable bonds is 5. The zero-order valence-electron chi connectivity index (χ0n) is 13.6. The van der Waals surface area contributed by atoms with Crippen molar-refractivity contribution in [3.63, 3.8) is 0 Å². The smallest absolute Gasteiger partial charge is 0.191 e. The summed E-state index contributed by atoms with van der Waals surface area (Å²) in [4.78, 5) is 15.6. The Balaban J connectivity index is 0.00000242. The van der Waals surface area contributed by atoms with E-state index in [4.69, 9.17) is 5.73 Å². The number of aromatic nitrogens is 1. The first-order chi connectivity index (χ1) is 10.1. The minimum Gasteiger partial charge on any atom is -0.370 e. The van der Waals surface area contributed by atoms with E-state index in [0.29, 0.717) is 12.0 Å². The predicted octanol–water partition coefficient (Wildman–Crippen LogP) is 1.54. The van der Waals surface area contributed by atoms with E-state index in [1.807, 2.05) is 11.6 Å². The molecule has 0 spiro atoms. The second kappa shape index (κ2) is 9.51. The number of halogens is 1. The molecule has 0 saturated carbocycles. The van der Waals surface area contributed by atoms with Crippen molar-refractivity contribution in [2.24, 2.45) is 10.7 Å². The fourth-order valence-corrected chi connectivity index (χ4v) is 2.88. The topological polar surface area (TPSA) is 61.0 Å². The predicted molar refractivity (Wildman–Crippen MR) is 106 cm³/mol. The average molecular weight is 438 g/mol. The number of piperazine rings is 1. The second-order valence-corrected chi connectivity index (χ2v) is 6.48. The van der Waals surface area contributed by atoms with Crippen LogP contribution in [-0.4, -0.2) is 73.1 Å². The van der Waals surface area contributed by atoms with Gasteiger partial charge in [-0.1, -0.05) is 0 Å². The van der Waals surface area contributed by atoms with Crippen LogP contribution in [0.15, 0.2) is 16.6 Å². The molecule has 1 fully saturated rings. The molecule has 126 valence electrons. The lowest BCUT2D eigenvalue weighted by Gasteiger charge is -2.35. The summed E-state index contributed by atoms with van der Waals surface area (Å²) in [7, 11) is 2.11. The number of anilines is 1. The molecule has 2 heterocycles. The fraction of sp³-hybridized carbons (Fsp3) is 0.714. The molecule has 22 heavy (non-hydrogen) atoms. The van der Waals surface area contributed by atoms with Crippen molar-refractivity contribution in [2.45, 2.75) is 19.9 Å². The molecule has 1 aromatic rings. The van der Waals surface area contributed by atoms with Crippen LogP contribution in [0.2, 0.25) is 0 Å². The Bertz CT molecular complexity index is 442. The lowest BCUT2D eigenvalue weighted by atomic mass is 10.3. The van der Waals surface area contributed by atoms with Gasteiger partial charge in [0.05, 0.1) is 6.54 Å². The molecule has 1 aliphatic rings. The Morgan fingerprint density at radius 1 is 1.41 bits per heavy atom. The molecule has 2 N–H and O–H groups in total. The summed E-state index contributed by atoms with van der Waals surface area (Å²) >= 11 is 1.69.